The van der Waals surface area contributed by atoms with Crippen LogP contribution < -0.4 is 5.11 Å². The number of benzene rings is 3. The summed E-state index contributed by atoms with van der Waals surface area (Å²) in [5.74, 6) is 1.19. The fourth-order valence-corrected chi connectivity index (χ4v) is 3.60. The molecule has 0 aromatic heterocycles. The molecular formula is C22H17NO4S. The molecule has 140 valence electrons. The largest absolute Gasteiger partial charge is 0.858 e. The van der Waals surface area contributed by atoms with E-state index in [9.17, 15) is 18.3 Å². The van der Waals surface area contributed by atoms with E-state index in [1.807, 2.05) is 13.0 Å². The zero-order valence-corrected chi connectivity index (χ0v) is 15.8. The minimum absolute atomic E-state index is 0.0542. The van der Waals surface area contributed by atoms with E-state index in [1.165, 1.54) is 18.2 Å². The first-order valence-corrected chi connectivity index (χ1v) is 9.87. The molecule has 1 N–H and O–H groups in total. The van der Waals surface area contributed by atoms with Gasteiger partial charge >= 0.3 is 5.94 Å². The smallest absolute Gasteiger partial charge is 0.350 e. The molecule has 0 radical (unpaired) electrons. The molecular weight excluding hydrogens is 374 g/mol. The van der Waals surface area contributed by atoms with Crippen molar-refractivity contribution in [2.45, 2.75) is 11.8 Å². The van der Waals surface area contributed by atoms with Gasteiger partial charge in [0, 0.05) is 11.5 Å². The number of carbonyl (C=O) groups excluding carboxylic acids is 1. The lowest BCUT2D eigenvalue weighted by Crippen LogP contribution is -2.22. The molecule has 0 aliphatic rings. The SMILES string of the molecule is Cc1ccc(S(=O)(=O)/N=C(\[O-])c2ccccc2C(=C=[OH+])c2ccccc2)cc1. The van der Waals surface area contributed by atoms with Crippen LogP contribution >= 0.6 is 0 Å². The van der Waals surface area contributed by atoms with Crippen molar-refractivity contribution < 1.29 is 18.3 Å². The fourth-order valence-electron chi connectivity index (χ4n) is 2.69. The van der Waals surface area contributed by atoms with E-state index in [4.69, 9.17) is 0 Å². The molecule has 0 aliphatic carbocycles. The second-order valence-corrected chi connectivity index (χ2v) is 7.69. The second-order valence-electron chi connectivity index (χ2n) is 6.08. The maximum atomic E-state index is 12.7. The van der Waals surface area contributed by atoms with E-state index >= 15 is 0 Å². The Bertz CT molecular complexity index is 1170. The van der Waals surface area contributed by atoms with Crippen molar-refractivity contribution in [1.29, 1.82) is 0 Å². The lowest BCUT2D eigenvalue weighted by molar-refractivity contribution is -0.212. The number of nitrogens with zero attached hydrogens (tertiary/aromatic N) is 1. The van der Waals surface area contributed by atoms with E-state index in [2.05, 4.69) is 10.3 Å². The number of hydrogen-bond donors (Lipinski definition) is 0. The average molecular weight is 391 g/mol. The Hall–Kier alpha value is -3.47. The van der Waals surface area contributed by atoms with E-state index in [-0.39, 0.29) is 16.0 Å². The average Bonchev–Trinajstić information content (AvgIpc) is 2.70. The summed E-state index contributed by atoms with van der Waals surface area (Å²) in [5, 5.41) is 12.7. The first kappa shape index (κ1) is 19.3. The Kier molecular flexibility index (Phi) is 5.54. The Morgan fingerprint density at radius 2 is 1.46 bits per heavy atom. The zero-order valence-electron chi connectivity index (χ0n) is 15.0. The van der Waals surface area contributed by atoms with Crippen LogP contribution in [0.25, 0.3) is 5.57 Å². The van der Waals surface area contributed by atoms with Crippen molar-refractivity contribution >= 4 is 27.4 Å². The molecule has 3 aromatic rings. The summed E-state index contributed by atoms with van der Waals surface area (Å²) in [6.07, 6.45) is 0. The number of sulfonamides is 1. The van der Waals surface area contributed by atoms with Gasteiger partial charge in [-0.2, -0.15) is 12.8 Å². The van der Waals surface area contributed by atoms with Gasteiger partial charge in [0.1, 0.15) is 5.57 Å². The lowest BCUT2D eigenvalue weighted by atomic mass is 9.95. The number of aryl methyl sites for hydroxylation is 1. The quantitative estimate of drug-likeness (QED) is 0.290. The van der Waals surface area contributed by atoms with E-state index in [1.54, 1.807) is 54.6 Å². The van der Waals surface area contributed by atoms with Gasteiger partial charge in [-0.3, -0.25) is 0 Å². The van der Waals surface area contributed by atoms with Crippen LogP contribution in [-0.4, -0.2) is 25.1 Å². The normalized spacial score (nSPS) is 11.7. The van der Waals surface area contributed by atoms with Crippen LogP contribution in [0.15, 0.2) is 88.2 Å². The molecule has 0 saturated carbocycles. The third-order valence-corrected chi connectivity index (χ3v) is 5.40. The molecule has 0 fully saturated rings. The molecule has 0 amide bonds. The highest BCUT2D eigenvalue weighted by atomic mass is 32.2. The molecule has 0 aliphatic heterocycles. The Balaban J connectivity index is 2.08. The molecule has 28 heavy (non-hydrogen) atoms. The third kappa shape index (κ3) is 4.09. The van der Waals surface area contributed by atoms with Crippen LogP contribution in [-0.2, 0) is 10.0 Å². The monoisotopic (exact) mass is 391 g/mol. The predicted molar refractivity (Wildman–Crippen MR) is 107 cm³/mol. The fraction of sp³-hybridized carbons (Fsp3) is 0.0455. The topological polar surface area (TPSA) is 91.0 Å². The molecule has 0 saturated heterocycles. The highest BCUT2D eigenvalue weighted by molar-refractivity contribution is 7.90. The molecule has 6 heteroatoms. The molecule has 0 atom stereocenters. The highest BCUT2D eigenvalue weighted by Gasteiger charge is 2.16. The summed E-state index contributed by atoms with van der Waals surface area (Å²) >= 11 is 0. The minimum atomic E-state index is -4.15. The maximum absolute atomic E-state index is 12.7. The van der Waals surface area contributed by atoms with Crippen LogP contribution in [0.5, 0.6) is 0 Å². The van der Waals surface area contributed by atoms with Crippen LogP contribution in [0.2, 0.25) is 0 Å². The van der Waals surface area contributed by atoms with Gasteiger partial charge in [0.25, 0.3) is 10.0 Å². The number of hydrogen-bond acceptors (Lipinski definition) is 3. The summed E-state index contributed by atoms with van der Waals surface area (Å²) < 4.78 is 28.4. The molecule has 3 aromatic carbocycles. The van der Waals surface area contributed by atoms with Crippen molar-refractivity contribution in [3.8, 4) is 0 Å². The van der Waals surface area contributed by atoms with E-state index in [0.29, 0.717) is 11.1 Å². The molecule has 0 unspecified atom stereocenters. The van der Waals surface area contributed by atoms with Crippen molar-refractivity contribution in [3.63, 3.8) is 0 Å². The Morgan fingerprint density at radius 1 is 0.893 bits per heavy atom. The van der Waals surface area contributed by atoms with Gasteiger partial charge in [-0.1, -0.05) is 72.3 Å². The maximum Gasteiger partial charge on any atom is 0.350 e. The first-order valence-electron chi connectivity index (χ1n) is 8.43. The first-order chi connectivity index (χ1) is 13.4. The van der Waals surface area contributed by atoms with E-state index in [0.717, 1.165) is 5.56 Å². The van der Waals surface area contributed by atoms with Gasteiger partial charge in [0.2, 0.25) is 0 Å². The molecule has 0 spiro atoms. The van der Waals surface area contributed by atoms with Crippen molar-refractivity contribution in [1.82, 2.24) is 0 Å². The summed E-state index contributed by atoms with van der Waals surface area (Å²) in [6, 6.07) is 21.3. The summed E-state index contributed by atoms with van der Waals surface area (Å²) in [6.45, 7) is 1.83. The molecule has 5 nitrogen and oxygen atoms in total. The van der Waals surface area contributed by atoms with Gasteiger partial charge in [0.15, 0.2) is 0 Å². The molecule has 0 bridgehead atoms. The van der Waals surface area contributed by atoms with E-state index < -0.39 is 15.9 Å². The lowest BCUT2D eigenvalue weighted by Gasteiger charge is -2.15. The molecule has 0 heterocycles. The predicted octanol–water partition coefficient (Wildman–Crippen LogP) is 2.70. The van der Waals surface area contributed by atoms with Crippen molar-refractivity contribution in [2.75, 3.05) is 0 Å². The van der Waals surface area contributed by atoms with Crippen LogP contribution in [0.4, 0.5) is 0 Å². The minimum Gasteiger partial charge on any atom is -0.858 e. The number of rotatable bonds is 5. The summed E-state index contributed by atoms with van der Waals surface area (Å²) in [5.41, 5.74) is 2.19. The second kappa shape index (κ2) is 8.05. The summed E-state index contributed by atoms with van der Waals surface area (Å²) in [4.78, 5) is 9.57. The zero-order chi connectivity index (χ0) is 20.1. The van der Waals surface area contributed by atoms with Crippen LogP contribution in [0.1, 0.15) is 22.3 Å². The standard InChI is InChI=1S/C22H17NO4S/c1-16-11-13-18(14-12-16)28(26,27)23-22(25)20-10-6-5-9-19(20)21(15-24)17-7-3-2-4-8-17/h2-14H,1H3,(H,23,25). The van der Waals surface area contributed by atoms with Gasteiger partial charge in [-0.25, -0.2) is 4.79 Å². The molecule has 3 rings (SSSR count). The highest BCUT2D eigenvalue weighted by Crippen LogP contribution is 2.24. The van der Waals surface area contributed by atoms with Gasteiger partial charge in [-0.05, 0) is 30.2 Å². The Morgan fingerprint density at radius 3 is 2.07 bits per heavy atom. The van der Waals surface area contributed by atoms with Gasteiger partial charge < -0.3 is 5.11 Å². The summed E-state index contributed by atoms with van der Waals surface area (Å²) in [7, 11) is -4.15. The van der Waals surface area contributed by atoms with Crippen molar-refractivity contribution in [2.24, 2.45) is 4.40 Å². The van der Waals surface area contributed by atoms with Gasteiger partial charge in [0.05, 0.1) is 4.90 Å². The third-order valence-electron chi connectivity index (χ3n) is 4.12. The Labute approximate surface area is 163 Å². The van der Waals surface area contributed by atoms with Crippen LogP contribution in [0, 0.1) is 6.92 Å². The van der Waals surface area contributed by atoms with Gasteiger partial charge in [-0.15, -0.1) is 0 Å². The van der Waals surface area contributed by atoms with Crippen LogP contribution in [0.3, 0.4) is 0 Å². The van der Waals surface area contributed by atoms with Crippen molar-refractivity contribution in [3.05, 3.63) is 101 Å².